The molecule has 1 aliphatic heterocycles. The molecule has 2 aliphatic carbocycles. The largest absolute Gasteiger partial charge is 0.335 e. The fourth-order valence-corrected chi connectivity index (χ4v) is 5.92. The summed E-state index contributed by atoms with van der Waals surface area (Å²) in [5, 5.41) is 3.30. The van der Waals surface area contributed by atoms with E-state index < -0.39 is 0 Å². The van der Waals surface area contributed by atoms with E-state index in [4.69, 9.17) is 0 Å². The molecule has 3 fully saturated rings. The third kappa shape index (κ3) is 4.44. The van der Waals surface area contributed by atoms with Crippen LogP contribution in [-0.4, -0.2) is 42.7 Å². The predicted molar refractivity (Wildman–Crippen MR) is 98.1 cm³/mol. The fourth-order valence-electron chi connectivity index (χ4n) is 5.92. The summed E-state index contributed by atoms with van der Waals surface area (Å²) in [5.41, 5.74) is 0.0957. The van der Waals surface area contributed by atoms with Gasteiger partial charge in [-0.05, 0) is 54.8 Å². The van der Waals surface area contributed by atoms with Gasteiger partial charge in [0.1, 0.15) is 0 Å². The van der Waals surface area contributed by atoms with E-state index in [9.17, 15) is 9.59 Å². The van der Waals surface area contributed by atoms with Crippen LogP contribution in [0.4, 0.5) is 4.79 Å². The number of nitrogens with zero attached hydrogens (tertiary/aromatic N) is 2. The number of hydrogen-bond acceptors (Lipinski definition) is 3. The van der Waals surface area contributed by atoms with Crippen LogP contribution in [0.1, 0.15) is 65.7 Å². The molecule has 1 saturated heterocycles. The molecule has 0 aromatic rings. The Morgan fingerprint density at radius 1 is 1.16 bits per heavy atom. The topological polar surface area (TPSA) is 61.8 Å². The Morgan fingerprint density at radius 2 is 1.80 bits per heavy atom. The molecular weight excluding hydrogens is 314 g/mol. The van der Waals surface area contributed by atoms with Gasteiger partial charge >= 0.3 is 6.03 Å². The molecular formula is C20H33N3O2. The van der Waals surface area contributed by atoms with Gasteiger partial charge in [-0.2, -0.15) is 0 Å². The number of amides is 2. The molecule has 0 spiro atoms. The molecule has 25 heavy (non-hydrogen) atoms. The highest BCUT2D eigenvalue weighted by Gasteiger charge is 2.43. The molecule has 5 heteroatoms. The second-order valence-electron chi connectivity index (χ2n) is 9.82. The SMILES string of the molecule is CC1(C)CC(NC(=O)N2CC3CCCCC3C2)CC(C)(CN=C=O)C1. The minimum Gasteiger partial charge on any atom is -0.335 e. The van der Waals surface area contributed by atoms with E-state index >= 15 is 0 Å². The molecule has 0 aromatic heterocycles. The van der Waals surface area contributed by atoms with Gasteiger partial charge in [0.15, 0.2) is 0 Å². The average molecular weight is 348 g/mol. The number of fused-ring (bicyclic) bond motifs is 1. The number of rotatable bonds is 3. The number of carbonyl (C=O) groups excluding carboxylic acids is 2. The average Bonchev–Trinajstić information content (AvgIpc) is 2.95. The van der Waals surface area contributed by atoms with Crippen LogP contribution in [0.2, 0.25) is 0 Å². The van der Waals surface area contributed by atoms with E-state index in [2.05, 4.69) is 31.1 Å². The second kappa shape index (κ2) is 7.11. The number of urea groups is 1. The first-order chi connectivity index (χ1) is 11.8. The molecule has 2 amide bonds. The highest BCUT2D eigenvalue weighted by atomic mass is 16.2. The predicted octanol–water partition coefficient (Wildman–Crippen LogP) is 3.74. The second-order valence-corrected chi connectivity index (χ2v) is 9.82. The zero-order chi connectivity index (χ0) is 18.1. The maximum atomic E-state index is 12.8. The van der Waals surface area contributed by atoms with Gasteiger partial charge in [-0.1, -0.05) is 33.6 Å². The van der Waals surface area contributed by atoms with Crippen LogP contribution in [0.3, 0.4) is 0 Å². The van der Waals surface area contributed by atoms with Gasteiger partial charge in [0.05, 0.1) is 6.54 Å². The maximum Gasteiger partial charge on any atom is 0.317 e. The van der Waals surface area contributed by atoms with Gasteiger partial charge in [0.2, 0.25) is 6.08 Å². The summed E-state index contributed by atoms with van der Waals surface area (Å²) in [6, 6.07) is 0.268. The van der Waals surface area contributed by atoms with Crippen molar-refractivity contribution in [3.8, 4) is 0 Å². The van der Waals surface area contributed by atoms with E-state index in [0.29, 0.717) is 6.54 Å². The standard InChI is InChI=1S/C20H33N3O2/c1-19(2)8-17(9-20(3,12-19)13-21-14-24)22-18(25)23-10-15-6-4-5-7-16(15)11-23/h15-17H,4-13H2,1-3H3,(H,22,25). The van der Waals surface area contributed by atoms with Gasteiger partial charge in [-0.15, -0.1) is 0 Å². The number of hydrogen-bond donors (Lipinski definition) is 1. The van der Waals surface area contributed by atoms with Crippen LogP contribution in [0.5, 0.6) is 0 Å². The Morgan fingerprint density at radius 3 is 2.40 bits per heavy atom. The van der Waals surface area contributed by atoms with Crippen LogP contribution in [0, 0.1) is 22.7 Å². The summed E-state index contributed by atoms with van der Waals surface area (Å²) < 4.78 is 0. The first kappa shape index (κ1) is 18.4. The van der Waals surface area contributed by atoms with Crippen molar-refractivity contribution in [2.24, 2.45) is 27.7 Å². The summed E-state index contributed by atoms with van der Waals surface area (Å²) in [6.07, 6.45) is 9.78. The van der Waals surface area contributed by atoms with E-state index in [0.717, 1.165) is 44.2 Å². The number of nitrogens with one attached hydrogen (secondary N) is 1. The van der Waals surface area contributed by atoms with Crippen LogP contribution in [0.25, 0.3) is 0 Å². The summed E-state index contributed by atoms with van der Waals surface area (Å²) >= 11 is 0. The third-order valence-corrected chi connectivity index (χ3v) is 6.56. The smallest absolute Gasteiger partial charge is 0.317 e. The molecule has 0 aromatic carbocycles. The molecule has 3 aliphatic rings. The summed E-state index contributed by atoms with van der Waals surface area (Å²) in [5.74, 6) is 1.43. The summed E-state index contributed by atoms with van der Waals surface area (Å²) in [6.45, 7) is 9.04. The van der Waals surface area contributed by atoms with E-state index in [-0.39, 0.29) is 22.9 Å². The van der Waals surface area contributed by atoms with Crippen LogP contribution in [-0.2, 0) is 4.79 Å². The Hall–Kier alpha value is -1.35. The molecule has 0 radical (unpaired) electrons. The summed E-state index contributed by atoms with van der Waals surface area (Å²) in [4.78, 5) is 29.3. The minimum absolute atomic E-state index is 0.0455. The maximum absolute atomic E-state index is 12.8. The monoisotopic (exact) mass is 347 g/mol. The molecule has 2 saturated carbocycles. The molecule has 1 heterocycles. The van der Waals surface area contributed by atoms with Gasteiger partial charge in [0, 0.05) is 19.1 Å². The zero-order valence-corrected chi connectivity index (χ0v) is 16.0. The minimum atomic E-state index is -0.0455. The Labute approximate surface area is 151 Å². The normalized spacial score (nSPS) is 37.1. The van der Waals surface area contributed by atoms with Gasteiger partial charge < -0.3 is 10.2 Å². The first-order valence-corrected chi connectivity index (χ1v) is 9.89. The van der Waals surface area contributed by atoms with Crippen molar-refractivity contribution in [1.82, 2.24) is 10.2 Å². The molecule has 140 valence electrons. The first-order valence-electron chi connectivity index (χ1n) is 9.89. The lowest BCUT2D eigenvalue weighted by Gasteiger charge is -2.46. The van der Waals surface area contributed by atoms with Crippen molar-refractivity contribution < 1.29 is 9.59 Å². The van der Waals surface area contributed by atoms with Crippen molar-refractivity contribution in [2.75, 3.05) is 19.6 Å². The van der Waals surface area contributed by atoms with Crippen molar-refractivity contribution in [2.45, 2.75) is 71.8 Å². The Kier molecular flexibility index (Phi) is 5.24. The van der Waals surface area contributed by atoms with Crippen molar-refractivity contribution in [3.63, 3.8) is 0 Å². The number of carbonyl (C=O) groups is 1. The molecule has 5 nitrogen and oxygen atoms in total. The number of aliphatic imine (C=N–C) groups is 1. The lowest BCUT2D eigenvalue weighted by molar-refractivity contribution is 0.0782. The van der Waals surface area contributed by atoms with Crippen molar-refractivity contribution in [3.05, 3.63) is 0 Å². The summed E-state index contributed by atoms with van der Waals surface area (Å²) in [7, 11) is 0. The molecule has 1 N–H and O–H groups in total. The quantitative estimate of drug-likeness (QED) is 0.624. The Bertz CT molecular complexity index is 541. The van der Waals surface area contributed by atoms with Crippen LogP contribution in [0.15, 0.2) is 4.99 Å². The lowest BCUT2D eigenvalue weighted by atomic mass is 9.62. The molecule has 4 atom stereocenters. The molecule has 0 bridgehead atoms. The molecule has 4 unspecified atom stereocenters. The van der Waals surface area contributed by atoms with Crippen LogP contribution < -0.4 is 5.32 Å². The zero-order valence-electron chi connectivity index (χ0n) is 16.0. The van der Waals surface area contributed by atoms with E-state index in [1.54, 1.807) is 6.08 Å². The number of likely N-dealkylation sites (tertiary alicyclic amines) is 1. The van der Waals surface area contributed by atoms with E-state index in [1.807, 2.05) is 4.90 Å². The van der Waals surface area contributed by atoms with Crippen molar-refractivity contribution >= 4 is 12.1 Å². The van der Waals surface area contributed by atoms with Gasteiger partial charge in [-0.25, -0.2) is 14.6 Å². The highest BCUT2D eigenvalue weighted by Crippen LogP contribution is 2.46. The van der Waals surface area contributed by atoms with E-state index in [1.165, 1.54) is 25.7 Å². The van der Waals surface area contributed by atoms with Crippen LogP contribution >= 0.6 is 0 Å². The Balaban J connectivity index is 1.61. The van der Waals surface area contributed by atoms with Gasteiger partial charge in [-0.3, -0.25) is 0 Å². The third-order valence-electron chi connectivity index (χ3n) is 6.56. The fraction of sp³-hybridized carbons (Fsp3) is 0.900. The molecule has 3 rings (SSSR count). The van der Waals surface area contributed by atoms with Gasteiger partial charge in [0.25, 0.3) is 0 Å². The lowest BCUT2D eigenvalue weighted by Crippen LogP contribution is -2.51. The highest BCUT2D eigenvalue weighted by molar-refractivity contribution is 5.75. The van der Waals surface area contributed by atoms with Crippen molar-refractivity contribution in [1.29, 1.82) is 0 Å². The number of isocyanates is 1.